The van der Waals surface area contributed by atoms with Crippen LogP contribution in [0.1, 0.15) is 37.8 Å². The quantitative estimate of drug-likeness (QED) is 0.122. The van der Waals surface area contributed by atoms with E-state index in [1.54, 1.807) is 24.3 Å². The number of carbonyl (C=O) groups excluding carboxylic acids is 1. The van der Waals surface area contributed by atoms with Gasteiger partial charge in [0.2, 0.25) is 4.96 Å². The number of ether oxygens (including phenoxy) is 2. The zero-order valence-electron chi connectivity index (χ0n) is 24.0. The molecule has 216 valence electrons. The Bertz CT molecular complexity index is 2040. The van der Waals surface area contributed by atoms with Crippen LogP contribution in [0.15, 0.2) is 83.8 Å². The minimum atomic E-state index is -0.449. The normalized spacial score (nSPS) is 11.7. The summed E-state index contributed by atoms with van der Waals surface area (Å²) in [6.07, 6.45) is 5.82. The van der Waals surface area contributed by atoms with Gasteiger partial charge in [0, 0.05) is 24.2 Å². The van der Waals surface area contributed by atoms with Gasteiger partial charge >= 0.3 is 5.97 Å². The monoisotopic (exact) mass is 591 g/mol. The van der Waals surface area contributed by atoms with Gasteiger partial charge in [-0.15, -0.1) is 5.10 Å². The van der Waals surface area contributed by atoms with E-state index in [0.29, 0.717) is 33.2 Å². The fraction of sp³-hybridized carbons (Fsp3) is 0.182. The minimum absolute atomic E-state index is 0.294. The SMILES string of the molecule is CCCCOc1ccc(-c2nn(-c3ccccc3)cc2/C=c2\sc3nc(-c4ccccc4OC(C)=O)nn3c2=O)cc1C. The molecule has 10 heteroatoms. The van der Waals surface area contributed by atoms with Crippen molar-refractivity contribution < 1.29 is 14.3 Å². The molecule has 0 aliphatic heterocycles. The van der Waals surface area contributed by atoms with Crippen LogP contribution < -0.4 is 19.6 Å². The van der Waals surface area contributed by atoms with Crippen molar-refractivity contribution >= 4 is 28.3 Å². The van der Waals surface area contributed by atoms with Crippen LogP contribution in [0.4, 0.5) is 0 Å². The Morgan fingerprint density at radius 2 is 1.79 bits per heavy atom. The highest BCUT2D eigenvalue weighted by Crippen LogP contribution is 2.30. The smallest absolute Gasteiger partial charge is 0.308 e. The van der Waals surface area contributed by atoms with Crippen LogP contribution in [0.3, 0.4) is 0 Å². The Morgan fingerprint density at radius 1 is 1.00 bits per heavy atom. The maximum Gasteiger partial charge on any atom is 0.308 e. The molecule has 43 heavy (non-hydrogen) atoms. The minimum Gasteiger partial charge on any atom is -0.493 e. The van der Waals surface area contributed by atoms with E-state index in [9.17, 15) is 9.59 Å². The van der Waals surface area contributed by atoms with Crippen molar-refractivity contribution in [3.63, 3.8) is 0 Å². The first-order chi connectivity index (χ1) is 20.9. The Hall–Kier alpha value is -5.09. The number of thiazole rings is 1. The number of benzene rings is 3. The fourth-order valence-electron chi connectivity index (χ4n) is 4.70. The molecule has 0 saturated heterocycles. The molecule has 0 aliphatic carbocycles. The molecule has 6 aromatic rings. The van der Waals surface area contributed by atoms with Crippen LogP contribution >= 0.6 is 11.3 Å². The first kappa shape index (κ1) is 28.0. The molecule has 0 amide bonds. The fourth-order valence-corrected chi connectivity index (χ4v) is 5.60. The molecule has 0 radical (unpaired) electrons. The number of para-hydroxylation sites is 2. The number of carbonyl (C=O) groups is 1. The molecule has 0 atom stereocenters. The van der Waals surface area contributed by atoms with E-state index in [-0.39, 0.29) is 5.56 Å². The Labute approximate surface area is 251 Å². The highest BCUT2D eigenvalue weighted by Gasteiger charge is 2.18. The van der Waals surface area contributed by atoms with Gasteiger partial charge < -0.3 is 9.47 Å². The van der Waals surface area contributed by atoms with E-state index in [0.717, 1.165) is 46.7 Å². The second kappa shape index (κ2) is 12.0. The average Bonchev–Trinajstić information content (AvgIpc) is 3.69. The summed E-state index contributed by atoms with van der Waals surface area (Å²) in [5.41, 5.74) is 4.59. The van der Waals surface area contributed by atoms with Gasteiger partial charge in [-0.2, -0.15) is 14.6 Å². The van der Waals surface area contributed by atoms with E-state index < -0.39 is 5.97 Å². The Morgan fingerprint density at radius 3 is 2.53 bits per heavy atom. The maximum absolute atomic E-state index is 13.5. The molecule has 6 rings (SSSR count). The van der Waals surface area contributed by atoms with E-state index in [1.165, 1.54) is 22.8 Å². The molecule has 0 unspecified atom stereocenters. The van der Waals surface area contributed by atoms with Crippen molar-refractivity contribution in [3.05, 3.63) is 105 Å². The van der Waals surface area contributed by atoms with Gasteiger partial charge in [0.15, 0.2) is 5.82 Å². The third-order valence-electron chi connectivity index (χ3n) is 6.82. The number of rotatable bonds is 9. The topological polar surface area (TPSA) is 101 Å². The molecule has 0 aliphatic rings. The van der Waals surface area contributed by atoms with Crippen LogP contribution in [-0.2, 0) is 4.79 Å². The summed E-state index contributed by atoms with van der Waals surface area (Å²) in [5, 5.41) is 9.37. The van der Waals surface area contributed by atoms with Crippen molar-refractivity contribution in [2.24, 2.45) is 0 Å². The summed E-state index contributed by atoms with van der Waals surface area (Å²) >= 11 is 1.24. The summed E-state index contributed by atoms with van der Waals surface area (Å²) in [4.78, 5) is 30.1. The molecule has 3 aromatic heterocycles. The van der Waals surface area contributed by atoms with Gasteiger partial charge in [0.1, 0.15) is 17.2 Å². The summed E-state index contributed by atoms with van der Waals surface area (Å²) < 4.78 is 14.8. The highest BCUT2D eigenvalue weighted by atomic mass is 32.1. The van der Waals surface area contributed by atoms with Crippen molar-refractivity contribution in [2.75, 3.05) is 6.61 Å². The maximum atomic E-state index is 13.5. The molecule has 0 spiro atoms. The van der Waals surface area contributed by atoms with E-state index >= 15 is 0 Å². The van der Waals surface area contributed by atoms with Gasteiger partial charge in [-0.25, -0.2) is 4.68 Å². The van der Waals surface area contributed by atoms with E-state index in [2.05, 4.69) is 23.1 Å². The number of nitrogens with zero attached hydrogens (tertiary/aromatic N) is 5. The first-order valence-electron chi connectivity index (χ1n) is 14.0. The molecule has 0 saturated carbocycles. The lowest BCUT2D eigenvalue weighted by molar-refractivity contribution is -0.131. The highest BCUT2D eigenvalue weighted by molar-refractivity contribution is 7.15. The lowest BCUT2D eigenvalue weighted by atomic mass is 10.0. The second-order valence-electron chi connectivity index (χ2n) is 10.0. The molecule has 0 N–H and O–H groups in total. The van der Waals surface area contributed by atoms with Gasteiger partial charge in [-0.3, -0.25) is 9.59 Å². The zero-order chi connectivity index (χ0) is 29.9. The number of esters is 1. The lowest BCUT2D eigenvalue weighted by Crippen LogP contribution is -2.23. The molecule has 0 bridgehead atoms. The van der Waals surface area contributed by atoms with Gasteiger partial charge in [0.25, 0.3) is 5.56 Å². The number of unbranched alkanes of at least 4 members (excludes halogenated alkanes) is 1. The van der Waals surface area contributed by atoms with Crippen LogP contribution in [-0.4, -0.2) is 37.0 Å². The summed E-state index contributed by atoms with van der Waals surface area (Å²) in [6, 6.07) is 22.8. The third kappa shape index (κ3) is 5.82. The number of aryl methyl sites for hydroxylation is 1. The van der Waals surface area contributed by atoms with E-state index in [1.807, 2.05) is 66.3 Å². The standard InChI is InChI=1S/C33H29N5O4S/c1-4-5-17-41-27-16-15-23(18-21(27)2)30-24(20-37(35-30)25-11-7-6-8-12-25)19-29-32(40)38-33(43-29)34-31(36-38)26-13-9-10-14-28(26)42-22(3)39/h6-16,18-20H,4-5,17H2,1-3H3/b29-19-. The Balaban J connectivity index is 1.42. The molecule has 0 fully saturated rings. The molecular weight excluding hydrogens is 562 g/mol. The molecule has 3 heterocycles. The first-order valence-corrected chi connectivity index (χ1v) is 14.8. The summed E-state index contributed by atoms with van der Waals surface area (Å²) in [5.74, 6) is 1.04. The number of hydrogen-bond acceptors (Lipinski definition) is 8. The number of hydrogen-bond donors (Lipinski definition) is 0. The van der Waals surface area contributed by atoms with Crippen molar-refractivity contribution in [1.82, 2.24) is 24.4 Å². The predicted molar refractivity (Wildman–Crippen MR) is 167 cm³/mol. The van der Waals surface area contributed by atoms with Crippen molar-refractivity contribution in [2.45, 2.75) is 33.6 Å². The summed E-state index contributed by atoms with van der Waals surface area (Å²) in [7, 11) is 0. The Kier molecular flexibility index (Phi) is 7.84. The van der Waals surface area contributed by atoms with E-state index in [4.69, 9.17) is 14.6 Å². The summed E-state index contributed by atoms with van der Waals surface area (Å²) in [6.45, 7) is 6.17. The molecule has 3 aromatic carbocycles. The van der Waals surface area contributed by atoms with Gasteiger partial charge in [0.05, 0.1) is 22.4 Å². The van der Waals surface area contributed by atoms with Crippen LogP contribution in [0.2, 0.25) is 0 Å². The average molecular weight is 592 g/mol. The predicted octanol–water partition coefficient (Wildman–Crippen LogP) is 5.63. The number of aromatic nitrogens is 5. The lowest BCUT2D eigenvalue weighted by Gasteiger charge is -2.10. The van der Waals surface area contributed by atoms with Gasteiger partial charge in [-0.1, -0.05) is 55.0 Å². The molecular formula is C33H29N5O4S. The van der Waals surface area contributed by atoms with Crippen LogP contribution in [0.5, 0.6) is 11.5 Å². The van der Waals surface area contributed by atoms with Crippen molar-refractivity contribution in [3.8, 4) is 39.8 Å². The molecule has 9 nitrogen and oxygen atoms in total. The zero-order valence-corrected chi connectivity index (χ0v) is 24.8. The van der Waals surface area contributed by atoms with Gasteiger partial charge in [-0.05, 0) is 67.4 Å². The van der Waals surface area contributed by atoms with Crippen LogP contribution in [0.25, 0.3) is 39.4 Å². The largest absolute Gasteiger partial charge is 0.493 e. The number of fused-ring (bicyclic) bond motifs is 1. The second-order valence-corrected chi connectivity index (χ2v) is 11.0. The van der Waals surface area contributed by atoms with Crippen molar-refractivity contribution in [1.29, 1.82) is 0 Å². The third-order valence-corrected chi connectivity index (χ3v) is 7.78. The van der Waals surface area contributed by atoms with Crippen LogP contribution in [0, 0.1) is 6.92 Å².